The van der Waals surface area contributed by atoms with E-state index in [9.17, 15) is 9.90 Å². The van der Waals surface area contributed by atoms with Gasteiger partial charge < -0.3 is 10.8 Å². The van der Waals surface area contributed by atoms with E-state index in [1.807, 2.05) is 18.2 Å². The summed E-state index contributed by atoms with van der Waals surface area (Å²) in [4.78, 5) is 13.4. The lowest BCUT2D eigenvalue weighted by molar-refractivity contribution is 0.0477. The number of hydrogen-bond acceptors (Lipinski definition) is 3. The molecular formula is C23H24N2O2. The predicted octanol–water partition coefficient (Wildman–Crippen LogP) is 3.29. The maximum atomic E-state index is 11.2. The second kappa shape index (κ2) is 7.51. The van der Waals surface area contributed by atoms with Crippen molar-refractivity contribution in [3.8, 4) is 0 Å². The Morgan fingerprint density at radius 3 is 2.48 bits per heavy atom. The summed E-state index contributed by atoms with van der Waals surface area (Å²) >= 11 is 0. The van der Waals surface area contributed by atoms with E-state index in [4.69, 9.17) is 5.73 Å². The van der Waals surface area contributed by atoms with Crippen LogP contribution in [0.3, 0.4) is 0 Å². The molecule has 4 nitrogen and oxygen atoms in total. The van der Waals surface area contributed by atoms with Gasteiger partial charge >= 0.3 is 0 Å². The molecule has 27 heavy (non-hydrogen) atoms. The van der Waals surface area contributed by atoms with Gasteiger partial charge in [0.05, 0.1) is 6.10 Å². The van der Waals surface area contributed by atoms with Crippen LogP contribution in [0.15, 0.2) is 66.7 Å². The van der Waals surface area contributed by atoms with Crippen molar-refractivity contribution in [1.29, 1.82) is 0 Å². The molecule has 1 heterocycles. The zero-order valence-corrected chi connectivity index (χ0v) is 15.2. The van der Waals surface area contributed by atoms with Crippen LogP contribution in [-0.2, 0) is 6.54 Å². The Labute approximate surface area is 159 Å². The number of aliphatic hydroxyl groups excluding tert-OH is 1. The standard InChI is InChI=1S/C23H24N2O2/c24-23(27)18-7-5-16(6-8-18)14-25-12-11-21(22(26)15-25)20-10-9-17-3-1-2-4-19(17)13-20/h1-10,13,21-22,26H,11-12,14-15H2,(H2,24,27)/t21-,22+/m1/s1. The minimum Gasteiger partial charge on any atom is -0.391 e. The number of carbonyl (C=O) groups excluding carboxylic acids is 1. The minimum absolute atomic E-state index is 0.170. The summed E-state index contributed by atoms with van der Waals surface area (Å²) in [5.41, 5.74) is 8.15. The lowest BCUT2D eigenvalue weighted by Crippen LogP contribution is -2.42. The molecular weight excluding hydrogens is 336 g/mol. The lowest BCUT2D eigenvalue weighted by atomic mass is 9.86. The summed E-state index contributed by atoms with van der Waals surface area (Å²) < 4.78 is 0. The number of benzene rings is 3. The van der Waals surface area contributed by atoms with Crippen molar-refractivity contribution >= 4 is 16.7 Å². The molecule has 0 spiro atoms. The van der Waals surface area contributed by atoms with Crippen LogP contribution in [0.4, 0.5) is 0 Å². The van der Waals surface area contributed by atoms with Crippen molar-refractivity contribution < 1.29 is 9.90 Å². The van der Waals surface area contributed by atoms with E-state index in [1.54, 1.807) is 12.1 Å². The van der Waals surface area contributed by atoms with Crippen LogP contribution in [0, 0.1) is 0 Å². The van der Waals surface area contributed by atoms with Gasteiger partial charge in [0.2, 0.25) is 5.91 Å². The van der Waals surface area contributed by atoms with E-state index >= 15 is 0 Å². The highest BCUT2D eigenvalue weighted by molar-refractivity contribution is 5.92. The number of rotatable bonds is 4. The minimum atomic E-state index is -0.409. The van der Waals surface area contributed by atoms with Crippen LogP contribution in [0.2, 0.25) is 0 Å². The van der Waals surface area contributed by atoms with E-state index in [2.05, 4.69) is 41.3 Å². The molecule has 0 aliphatic carbocycles. The van der Waals surface area contributed by atoms with E-state index in [0.717, 1.165) is 25.1 Å². The Hall–Kier alpha value is -2.69. The molecule has 1 amide bonds. The highest BCUT2D eigenvalue weighted by Crippen LogP contribution is 2.31. The molecule has 2 atom stereocenters. The van der Waals surface area contributed by atoms with Crippen molar-refractivity contribution in [3.05, 3.63) is 83.4 Å². The van der Waals surface area contributed by atoms with Crippen LogP contribution >= 0.6 is 0 Å². The second-order valence-electron chi connectivity index (χ2n) is 7.37. The fraction of sp³-hybridized carbons (Fsp3) is 0.261. The van der Waals surface area contributed by atoms with E-state index in [1.165, 1.54) is 16.3 Å². The number of fused-ring (bicyclic) bond motifs is 1. The molecule has 0 unspecified atom stereocenters. The third kappa shape index (κ3) is 3.87. The molecule has 1 fully saturated rings. The third-order valence-corrected chi connectivity index (χ3v) is 5.51. The van der Waals surface area contributed by atoms with Gasteiger partial charge in [-0.15, -0.1) is 0 Å². The van der Waals surface area contributed by atoms with Crippen LogP contribution in [0.5, 0.6) is 0 Å². The van der Waals surface area contributed by atoms with Gasteiger partial charge in [0, 0.05) is 24.6 Å². The molecule has 0 bridgehead atoms. The first kappa shape index (κ1) is 17.7. The Morgan fingerprint density at radius 2 is 1.78 bits per heavy atom. The Balaban J connectivity index is 1.43. The van der Waals surface area contributed by atoms with E-state index < -0.39 is 5.91 Å². The van der Waals surface area contributed by atoms with Gasteiger partial charge in [-0.2, -0.15) is 0 Å². The number of nitrogens with zero attached hydrogens (tertiary/aromatic N) is 1. The molecule has 3 aromatic carbocycles. The molecule has 1 aliphatic rings. The Morgan fingerprint density at radius 1 is 1.04 bits per heavy atom. The van der Waals surface area contributed by atoms with Gasteiger partial charge in [-0.1, -0.05) is 54.6 Å². The lowest BCUT2D eigenvalue weighted by Gasteiger charge is -2.36. The smallest absolute Gasteiger partial charge is 0.248 e. The van der Waals surface area contributed by atoms with Gasteiger partial charge in [-0.25, -0.2) is 0 Å². The number of nitrogens with two attached hydrogens (primary N) is 1. The van der Waals surface area contributed by atoms with E-state index in [0.29, 0.717) is 12.1 Å². The summed E-state index contributed by atoms with van der Waals surface area (Å²) in [5.74, 6) is -0.240. The fourth-order valence-corrected chi connectivity index (χ4v) is 4.00. The van der Waals surface area contributed by atoms with Crippen LogP contribution in [-0.4, -0.2) is 35.1 Å². The maximum Gasteiger partial charge on any atom is 0.248 e. The first-order valence-corrected chi connectivity index (χ1v) is 9.38. The highest BCUT2D eigenvalue weighted by atomic mass is 16.3. The molecule has 4 rings (SSSR count). The van der Waals surface area contributed by atoms with Gasteiger partial charge in [0.15, 0.2) is 0 Å². The highest BCUT2D eigenvalue weighted by Gasteiger charge is 2.28. The number of carbonyl (C=O) groups is 1. The molecule has 0 aromatic heterocycles. The van der Waals surface area contributed by atoms with E-state index in [-0.39, 0.29) is 12.0 Å². The molecule has 1 aliphatic heterocycles. The quantitative estimate of drug-likeness (QED) is 0.750. The van der Waals surface area contributed by atoms with Crippen molar-refractivity contribution in [2.45, 2.75) is 25.0 Å². The molecule has 1 saturated heterocycles. The number of primary amides is 1. The predicted molar refractivity (Wildman–Crippen MR) is 108 cm³/mol. The zero-order chi connectivity index (χ0) is 18.8. The monoisotopic (exact) mass is 360 g/mol. The van der Waals surface area contributed by atoms with Crippen LogP contribution < -0.4 is 5.73 Å². The van der Waals surface area contributed by atoms with Crippen molar-refractivity contribution in [1.82, 2.24) is 4.90 Å². The maximum absolute atomic E-state index is 11.2. The van der Waals surface area contributed by atoms with Gasteiger partial charge in [0.25, 0.3) is 0 Å². The van der Waals surface area contributed by atoms with Gasteiger partial charge in [-0.05, 0) is 47.0 Å². The fourth-order valence-electron chi connectivity index (χ4n) is 4.00. The Bertz CT molecular complexity index is 952. The molecule has 0 radical (unpaired) electrons. The third-order valence-electron chi connectivity index (χ3n) is 5.51. The largest absolute Gasteiger partial charge is 0.391 e. The molecule has 4 heteroatoms. The number of hydrogen-bond donors (Lipinski definition) is 2. The number of likely N-dealkylation sites (tertiary alicyclic amines) is 1. The number of aliphatic hydroxyl groups is 1. The number of piperidine rings is 1. The molecule has 0 saturated carbocycles. The van der Waals surface area contributed by atoms with Gasteiger partial charge in [0.1, 0.15) is 0 Å². The summed E-state index contributed by atoms with van der Waals surface area (Å²) in [6.45, 7) is 2.35. The van der Waals surface area contributed by atoms with Gasteiger partial charge in [-0.3, -0.25) is 9.69 Å². The summed E-state index contributed by atoms with van der Waals surface area (Å²) in [6, 6.07) is 22.2. The summed E-state index contributed by atoms with van der Waals surface area (Å²) in [6.07, 6.45) is 0.545. The second-order valence-corrected chi connectivity index (χ2v) is 7.37. The number of β-amino-alcohol motifs (C(OH)–C–C–N with tert-alkyl or cyclic N) is 1. The Kier molecular flexibility index (Phi) is 4.92. The first-order valence-electron chi connectivity index (χ1n) is 9.38. The SMILES string of the molecule is NC(=O)c1ccc(CN2CC[C@H](c3ccc4ccccc4c3)[C@@H](O)C2)cc1. The summed E-state index contributed by atoms with van der Waals surface area (Å²) in [7, 11) is 0. The first-order chi connectivity index (χ1) is 13.1. The summed E-state index contributed by atoms with van der Waals surface area (Å²) in [5, 5.41) is 13.2. The topological polar surface area (TPSA) is 66.6 Å². The van der Waals surface area contributed by atoms with Crippen molar-refractivity contribution in [2.24, 2.45) is 5.73 Å². The van der Waals surface area contributed by atoms with Crippen LogP contribution in [0.1, 0.15) is 33.8 Å². The molecule has 3 aromatic rings. The normalized spacial score (nSPS) is 20.6. The molecule has 138 valence electrons. The average Bonchev–Trinajstić information content (AvgIpc) is 2.68. The molecule has 3 N–H and O–H groups in total. The average molecular weight is 360 g/mol. The van der Waals surface area contributed by atoms with Crippen molar-refractivity contribution in [3.63, 3.8) is 0 Å². The van der Waals surface area contributed by atoms with Crippen molar-refractivity contribution in [2.75, 3.05) is 13.1 Å². The number of amides is 1. The zero-order valence-electron chi connectivity index (χ0n) is 15.2. The van der Waals surface area contributed by atoms with Crippen LogP contribution in [0.25, 0.3) is 10.8 Å².